The quantitative estimate of drug-likeness (QED) is 0.875. The number of nitrogens with two attached hydrogens (primary N) is 2. The zero-order chi connectivity index (χ0) is 14.5. The van der Waals surface area contributed by atoms with E-state index >= 15 is 0 Å². The maximum absolute atomic E-state index is 12.9. The number of hydrogen-bond donors (Lipinski definition) is 2. The van der Waals surface area contributed by atoms with Crippen LogP contribution in [-0.4, -0.2) is 12.5 Å². The average molecular weight is 274 g/mol. The summed E-state index contributed by atoms with van der Waals surface area (Å²) in [6, 6.07) is 12.4. The molecule has 2 aromatic carbocycles. The van der Waals surface area contributed by atoms with Crippen LogP contribution in [0, 0.1) is 5.82 Å². The summed E-state index contributed by atoms with van der Waals surface area (Å²) in [5.41, 5.74) is 12.0. The van der Waals surface area contributed by atoms with Crippen molar-refractivity contribution in [2.45, 2.75) is 6.10 Å². The molecule has 1 amide bonds. The first-order valence-corrected chi connectivity index (χ1v) is 6.12. The average Bonchev–Trinajstić information content (AvgIpc) is 2.46. The number of primary amides is 1. The second-order valence-electron chi connectivity index (χ2n) is 4.28. The molecule has 0 aliphatic carbocycles. The highest BCUT2D eigenvalue weighted by atomic mass is 19.1. The van der Waals surface area contributed by atoms with Gasteiger partial charge in [-0.1, -0.05) is 12.1 Å². The lowest BCUT2D eigenvalue weighted by Gasteiger charge is -2.18. The Kier molecular flexibility index (Phi) is 4.32. The van der Waals surface area contributed by atoms with Crippen LogP contribution in [0.2, 0.25) is 0 Å². The molecule has 0 spiro atoms. The van der Waals surface area contributed by atoms with Crippen molar-refractivity contribution < 1.29 is 13.9 Å². The molecule has 0 heterocycles. The summed E-state index contributed by atoms with van der Waals surface area (Å²) in [6.07, 6.45) is -0.380. The highest BCUT2D eigenvalue weighted by molar-refractivity contribution is 5.92. The van der Waals surface area contributed by atoms with Crippen LogP contribution in [0.15, 0.2) is 48.5 Å². The molecule has 4 N–H and O–H groups in total. The number of hydrogen-bond acceptors (Lipinski definition) is 3. The predicted molar refractivity (Wildman–Crippen MR) is 73.8 cm³/mol. The minimum atomic E-state index is -0.495. The third-order valence-corrected chi connectivity index (χ3v) is 2.87. The molecule has 0 saturated heterocycles. The van der Waals surface area contributed by atoms with E-state index in [1.165, 1.54) is 12.1 Å². The van der Waals surface area contributed by atoms with Crippen molar-refractivity contribution in [2.24, 2.45) is 11.5 Å². The first kappa shape index (κ1) is 14.0. The molecule has 0 aliphatic heterocycles. The van der Waals surface area contributed by atoms with Crippen LogP contribution >= 0.6 is 0 Å². The fourth-order valence-corrected chi connectivity index (χ4v) is 1.79. The van der Waals surface area contributed by atoms with E-state index in [0.717, 1.165) is 5.56 Å². The van der Waals surface area contributed by atoms with Crippen LogP contribution in [0.1, 0.15) is 22.0 Å². The lowest BCUT2D eigenvalue weighted by atomic mass is 10.1. The van der Waals surface area contributed by atoms with Crippen LogP contribution in [0.4, 0.5) is 4.39 Å². The predicted octanol–water partition coefficient (Wildman–Crippen LogP) is 2.00. The Balaban J connectivity index is 2.13. The highest BCUT2D eigenvalue weighted by Gasteiger charge is 2.12. The number of halogens is 1. The number of ether oxygens (including phenoxy) is 1. The molecular formula is C15H15FN2O2. The molecule has 1 unspecified atom stereocenters. The minimum Gasteiger partial charge on any atom is -0.484 e. The molecule has 4 nitrogen and oxygen atoms in total. The fourth-order valence-electron chi connectivity index (χ4n) is 1.79. The summed E-state index contributed by atoms with van der Waals surface area (Å²) in [4.78, 5) is 11.0. The van der Waals surface area contributed by atoms with Gasteiger partial charge < -0.3 is 16.2 Å². The van der Waals surface area contributed by atoms with Gasteiger partial charge in [0.1, 0.15) is 17.7 Å². The molecule has 1 atom stereocenters. The summed E-state index contributed by atoms with van der Waals surface area (Å²) >= 11 is 0. The lowest BCUT2D eigenvalue weighted by molar-refractivity contribution is 0.1000. The smallest absolute Gasteiger partial charge is 0.248 e. The van der Waals surface area contributed by atoms with Gasteiger partial charge in [0.2, 0.25) is 5.91 Å². The third-order valence-electron chi connectivity index (χ3n) is 2.87. The monoisotopic (exact) mass is 274 g/mol. The second kappa shape index (κ2) is 6.16. The van der Waals surface area contributed by atoms with Gasteiger partial charge in [-0.3, -0.25) is 4.79 Å². The largest absolute Gasteiger partial charge is 0.484 e. The summed E-state index contributed by atoms with van der Waals surface area (Å²) in [5, 5.41) is 0. The van der Waals surface area contributed by atoms with Crippen molar-refractivity contribution in [2.75, 3.05) is 6.54 Å². The van der Waals surface area contributed by atoms with Gasteiger partial charge in [-0.2, -0.15) is 0 Å². The van der Waals surface area contributed by atoms with Gasteiger partial charge in [0, 0.05) is 12.1 Å². The van der Waals surface area contributed by atoms with Crippen LogP contribution < -0.4 is 16.2 Å². The van der Waals surface area contributed by atoms with E-state index in [0.29, 0.717) is 11.3 Å². The molecule has 5 heteroatoms. The molecular weight excluding hydrogens is 259 g/mol. The van der Waals surface area contributed by atoms with E-state index in [1.54, 1.807) is 36.4 Å². The van der Waals surface area contributed by atoms with Gasteiger partial charge in [0.05, 0.1) is 0 Å². The Hall–Kier alpha value is -2.40. The summed E-state index contributed by atoms with van der Waals surface area (Å²) in [6.45, 7) is 0.253. The maximum atomic E-state index is 12.9. The molecule has 0 bridgehead atoms. The molecule has 0 aromatic heterocycles. The minimum absolute atomic E-state index is 0.253. The van der Waals surface area contributed by atoms with Crippen molar-refractivity contribution in [3.63, 3.8) is 0 Å². The van der Waals surface area contributed by atoms with Gasteiger partial charge in [-0.15, -0.1) is 0 Å². The first-order chi connectivity index (χ1) is 9.60. The number of amides is 1. The van der Waals surface area contributed by atoms with Crippen LogP contribution in [0.3, 0.4) is 0 Å². The first-order valence-electron chi connectivity index (χ1n) is 6.12. The molecule has 0 aliphatic rings. The standard InChI is InChI=1S/C15H15FN2O2/c16-12-5-1-10(2-6-12)14(9-17)20-13-7-3-11(4-8-13)15(18)19/h1-8,14H,9,17H2,(H2,18,19). The van der Waals surface area contributed by atoms with Crippen molar-refractivity contribution in [3.8, 4) is 5.75 Å². The van der Waals surface area contributed by atoms with Crippen molar-refractivity contribution in [3.05, 3.63) is 65.5 Å². The Morgan fingerprint density at radius 3 is 2.20 bits per heavy atom. The molecule has 2 rings (SSSR count). The third kappa shape index (κ3) is 3.33. The molecule has 0 radical (unpaired) electrons. The normalized spacial score (nSPS) is 11.9. The van der Waals surface area contributed by atoms with E-state index in [1.807, 2.05) is 0 Å². The Morgan fingerprint density at radius 1 is 1.10 bits per heavy atom. The van der Waals surface area contributed by atoms with Crippen LogP contribution in [-0.2, 0) is 0 Å². The Bertz CT molecular complexity index is 582. The van der Waals surface area contributed by atoms with E-state index < -0.39 is 5.91 Å². The summed E-state index contributed by atoms with van der Waals surface area (Å²) in [5.74, 6) is -0.240. The number of rotatable bonds is 5. The number of carbonyl (C=O) groups excluding carboxylic acids is 1. The molecule has 0 fully saturated rings. The lowest BCUT2D eigenvalue weighted by Crippen LogP contribution is -2.18. The molecule has 0 saturated carbocycles. The number of carbonyl (C=O) groups is 1. The SMILES string of the molecule is NCC(Oc1ccc(C(N)=O)cc1)c1ccc(F)cc1. The van der Waals surface area contributed by atoms with Gasteiger partial charge in [-0.05, 0) is 42.0 Å². The molecule has 104 valence electrons. The zero-order valence-electron chi connectivity index (χ0n) is 10.8. The zero-order valence-corrected chi connectivity index (χ0v) is 10.8. The van der Waals surface area contributed by atoms with Crippen molar-refractivity contribution in [1.82, 2.24) is 0 Å². The Labute approximate surface area is 116 Å². The number of benzene rings is 2. The van der Waals surface area contributed by atoms with Gasteiger partial charge in [-0.25, -0.2) is 4.39 Å². The molecule has 2 aromatic rings. The van der Waals surface area contributed by atoms with Gasteiger partial charge in [0.25, 0.3) is 0 Å². The van der Waals surface area contributed by atoms with Crippen molar-refractivity contribution in [1.29, 1.82) is 0 Å². The van der Waals surface area contributed by atoms with Crippen molar-refractivity contribution >= 4 is 5.91 Å². The van der Waals surface area contributed by atoms with Gasteiger partial charge >= 0.3 is 0 Å². The van der Waals surface area contributed by atoms with E-state index in [4.69, 9.17) is 16.2 Å². The topological polar surface area (TPSA) is 78.3 Å². The Morgan fingerprint density at radius 2 is 1.70 bits per heavy atom. The second-order valence-corrected chi connectivity index (χ2v) is 4.28. The molecule has 20 heavy (non-hydrogen) atoms. The summed E-state index contributed by atoms with van der Waals surface area (Å²) in [7, 11) is 0. The van der Waals surface area contributed by atoms with E-state index in [2.05, 4.69) is 0 Å². The maximum Gasteiger partial charge on any atom is 0.248 e. The summed E-state index contributed by atoms with van der Waals surface area (Å²) < 4.78 is 18.6. The van der Waals surface area contributed by atoms with E-state index in [9.17, 15) is 9.18 Å². The van der Waals surface area contributed by atoms with Gasteiger partial charge in [0.15, 0.2) is 0 Å². The highest BCUT2D eigenvalue weighted by Crippen LogP contribution is 2.22. The van der Waals surface area contributed by atoms with Crippen LogP contribution in [0.25, 0.3) is 0 Å². The van der Waals surface area contributed by atoms with E-state index in [-0.39, 0.29) is 18.5 Å². The van der Waals surface area contributed by atoms with Crippen LogP contribution in [0.5, 0.6) is 5.75 Å². The fraction of sp³-hybridized carbons (Fsp3) is 0.133.